The van der Waals surface area contributed by atoms with Gasteiger partial charge in [-0.05, 0) is 37.3 Å². The van der Waals surface area contributed by atoms with Crippen molar-refractivity contribution in [3.05, 3.63) is 23.2 Å². The monoisotopic (exact) mass is 306 g/mol. The number of likely N-dealkylation sites (tertiary alicyclic amines) is 1. The lowest BCUT2D eigenvalue weighted by molar-refractivity contribution is -0.143. The maximum atomic E-state index is 12.7. The molecule has 3 heterocycles. The van der Waals surface area contributed by atoms with Gasteiger partial charge in [0.2, 0.25) is 0 Å². The summed E-state index contributed by atoms with van der Waals surface area (Å²) >= 11 is 1.64. The lowest BCUT2D eigenvalue weighted by Gasteiger charge is -2.30. The van der Waals surface area contributed by atoms with Gasteiger partial charge in [-0.1, -0.05) is 0 Å². The van der Waals surface area contributed by atoms with E-state index in [2.05, 4.69) is 0 Å². The average molecular weight is 306 g/mol. The number of rotatable bonds is 3. The van der Waals surface area contributed by atoms with E-state index in [9.17, 15) is 9.59 Å². The number of fused-ring (bicyclic) bond motifs is 1. The fraction of sp³-hybridized carbons (Fsp3) is 0.467. The molecule has 0 spiro atoms. The number of carbonyl (C=O) groups is 2. The van der Waals surface area contributed by atoms with Crippen LogP contribution in [0.15, 0.2) is 17.5 Å². The molecule has 112 valence electrons. The number of aryl methyl sites for hydroxylation is 1. The number of amides is 1. The first-order chi connectivity index (χ1) is 10.1. The Bertz CT molecular complexity index is 680. The van der Waals surface area contributed by atoms with E-state index >= 15 is 0 Å². The summed E-state index contributed by atoms with van der Waals surface area (Å²) in [6.07, 6.45) is 1.09. The van der Waals surface area contributed by atoms with Crippen molar-refractivity contribution in [2.45, 2.75) is 26.3 Å². The van der Waals surface area contributed by atoms with E-state index < -0.39 is 5.97 Å². The third-order valence-corrected chi connectivity index (χ3v) is 5.04. The predicted octanol–water partition coefficient (Wildman–Crippen LogP) is 2.66. The number of carboxylic acid groups (broad SMARTS) is 1. The van der Waals surface area contributed by atoms with Gasteiger partial charge in [-0.2, -0.15) is 0 Å². The summed E-state index contributed by atoms with van der Waals surface area (Å²) in [7, 11) is 0. The minimum absolute atomic E-state index is 0.0177. The smallest absolute Gasteiger partial charge is 0.306 e. The Labute approximate surface area is 126 Å². The highest BCUT2D eigenvalue weighted by atomic mass is 32.1. The van der Waals surface area contributed by atoms with E-state index in [0.717, 1.165) is 16.8 Å². The number of aromatic nitrogens is 1. The first-order valence-electron chi connectivity index (χ1n) is 7.20. The van der Waals surface area contributed by atoms with Crippen molar-refractivity contribution in [3.63, 3.8) is 0 Å². The molecule has 0 radical (unpaired) electrons. The molecular weight excluding hydrogens is 288 g/mol. The van der Waals surface area contributed by atoms with Crippen LogP contribution in [0.1, 0.15) is 30.3 Å². The summed E-state index contributed by atoms with van der Waals surface area (Å²) in [6, 6.07) is 3.99. The zero-order valence-electron chi connectivity index (χ0n) is 11.9. The third-order valence-electron chi connectivity index (χ3n) is 4.19. The van der Waals surface area contributed by atoms with E-state index in [1.54, 1.807) is 16.2 Å². The highest BCUT2D eigenvalue weighted by Crippen LogP contribution is 2.27. The van der Waals surface area contributed by atoms with Crippen molar-refractivity contribution in [1.29, 1.82) is 0 Å². The SMILES string of the molecule is CCn1c(C(=O)N2CCC(C(=O)O)CC2)cc2sccc21. The van der Waals surface area contributed by atoms with Crippen LogP contribution in [0.25, 0.3) is 10.2 Å². The normalized spacial score (nSPS) is 16.5. The van der Waals surface area contributed by atoms with Crippen LogP contribution in [0.2, 0.25) is 0 Å². The summed E-state index contributed by atoms with van der Waals surface area (Å²) in [6.45, 7) is 3.84. The molecule has 1 N–H and O–H groups in total. The maximum Gasteiger partial charge on any atom is 0.306 e. The number of piperidine rings is 1. The molecule has 1 fully saturated rings. The summed E-state index contributed by atoms with van der Waals surface area (Å²) in [5, 5.41) is 11.1. The number of thiophene rings is 1. The number of hydrogen-bond acceptors (Lipinski definition) is 3. The molecule has 0 aliphatic carbocycles. The summed E-state index contributed by atoms with van der Waals surface area (Å²) in [5.74, 6) is -1.04. The fourth-order valence-electron chi connectivity index (χ4n) is 2.99. The second-order valence-electron chi connectivity index (χ2n) is 5.35. The fourth-order valence-corrected chi connectivity index (χ4v) is 3.81. The highest BCUT2D eigenvalue weighted by molar-refractivity contribution is 7.17. The van der Waals surface area contributed by atoms with Crippen molar-refractivity contribution in [2.24, 2.45) is 5.92 Å². The molecule has 2 aromatic rings. The number of aliphatic carboxylic acids is 1. The van der Waals surface area contributed by atoms with Crippen LogP contribution in [0, 0.1) is 5.92 Å². The summed E-state index contributed by atoms with van der Waals surface area (Å²) in [5.41, 5.74) is 1.82. The van der Waals surface area contributed by atoms with Crippen LogP contribution >= 0.6 is 11.3 Å². The van der Waals surface area contributed by atoms with E-state index in [-0.39, 0.29) is 11.8 Å². The molecule has 0 atom stereocenters. The van der Waals surface area contributed by atoms with Gasteiger partial charge in [0.05, 0.1) is 16.1 Å². The zero-order chi connectivity index (χ0) is 15.0. The van der Waals surface area contributed by atoms with Gasteiger partial charge in [0.15, 0.2) is 0 Å². The molecule has 1 saturated heterocycles. The van der Waals surface area contributed by atoms with Gasteiger partial charge in [0.25, 0.3) is 5.91 Å². The first kappa shape index (κ1) is 14.1. The lowest BCUT2D eigenvalue weighted by atomic mass is 9.97. The van der Waals surface area contributed by atoms with Gasteiger partial charge < -0.3 is 14.6 Å². The molecular formula is C15H18N2O3S. The van der Waals surface area contributed by atoms with Crippen LogP contribution < -0.4 is 0 Å². The quantitative estimate of drug-likeness (QED) is 0.948. The van der Waals surface area contributed by atoms with Gasteiger partial charge in [-0.25, -0.2) is 0 Å². The third kappa shape index (κ3) is 2.44. The van der Waals surface area contributed by atoms with Crippen molar-refractivity contribution in [2.75, 3.05) is 13.1 Å². The second kappa shape index (κ2) is 5.52. The van der Waals surface area contributed by atoms with E-state index in [0.29, 0.717) is 31.6 Å². The maximum absolute atomic E-state index is 12.7. The minimum atomic E-state index is -0.750. The first-order valence-corrected chi connectivity index (χ1v) is 8.08. The molecule has 0 saturated carbocycles. The summed E-state index contributed by atoms with van der Waals surface area (Å²) in [4.78, 5) is 25.4. The molecule has 3 rings (SSSR count). The molecule has 6 heteroatoms. The van der Waals surface area contributed by atoms with E-state index in [1.807, 2.05) is 29.0 Å². The van der Waals surface area contributed by atoms with Crippen LogP contribution in [0.5, 0.6) is 0 Å². The Morgan fingerprint density at radius 3 is 2.71 bits per heavy atom. The van der Waals surface area contributed by atoms with Crippen molar-refractivity contribution in [3.8, 4) is 0 Å². The van der Waals surface area contributed by atoms with Gasteiger partial charge in [0, 0.05) is 19.6 Å². The van der Waals surface area contributed by atoms with Gasteiger partial charge in [0.1, 0.15) is 5.69 Å². The van der Waals surface area contributed by atoms with Gasteiger partial charge in [-0.3, -0.25) is 9.59 Å². The van der Waals surface area contributed by atoms with E-state index in [4.69, 9.17) is 5.11 Å². The van der Waals surface area contributed by atoms with Gasteiger partial charge in [-0.15, -0.1) is 11.3 Å². The average Bonchev–Trinajstić information content (AvgIpc) is 3.06. The Morgan fingerprint density at radius 1 is 1.38 bits per heavy atom. The standard InChI is InChI=1S/C15H18N2O3S/c1-2-17-11-5-8-21-13(11)9-12(17)14(18)16-6-3-10(4-7-16)15(19)20/h5,8-10H,2-4,6-7H2,1H3,(H,19,20). The predicted molar refractivity (Wildman–Crippen MR) is 81.8 cm³/mol. The topological polar surface area (TPSA) is 62.5 Å². The molecule has 1 aliphatic rings. The highest BCUT2D eigenvalue weighted by Gasteiger charge is 2.29. The van der Waals surface area contributed by atoms with E-state index in [1.165, 1.54) is 0 Å². The molecule has 2 aromatic heterocycles. The zero-order valence-corrected chi connectivity index (χ0v) is 12.7. The number of nitrogens with zero attached hydrogens (tertiary/aromatic N) is 2. The molecule has 1 amide bonds. The molecule has 0 bridgehead atoms. The van der Waals surface area contributed by atoms with Crippen molar-refractivity contribution in [1.82, 2.24) is 9.47 Å². The molecule has 1 aliphatic heterocycles. The number of carboxylic acids is 1. The van der Waals surface area contributed by atoms with Crippen LogP contribution in [-0.2, 0) is 11.3 Å². The Morgan fingerprint density at radius 2 is 2.10 bits per heavy atom. The Kier molecular flexibility index (Phi) is 3.71. The van der Waals surface area contributed by atoms with Crippen LogP contribution in [0.3, 0.4) is 0 Å². The largest absolute Gasteiger partial charge is 0.481 e. The second-order valence-corrected chi connectivity index (χ2v) is 6.30. The number of hydrogen-bond donors (Lipinski definition) is 1. The minimum Gasteiger partial charge on any atom is -0.481 e. The van der Waals surface area contributed by atoms with Gasteiger partial charge >= 0.3 is 5.97 Å². The van der Waals surface area contributed by atoms with Crippen LogP contribution in [-0.4, -0.2) is 39.5 Å². The molecule has 21 heavy (non-hydrogen) atoms. The summed E-state index contributed by atoms with van der Waals surface area (Å²) < 4.78 is 3.16. The van der Waals surface area contributed by atoms with Crippen molar-refractivity contribution >= 4 is 33.4 Å². The molecule has 0 aromatic carbocycles. The molecule has 5 nitrogen and oxygen atoms in total. The number of carbonyl (C=O) groups excluding carboxylic acids is 1. The van der Waals surface area contributed by atoms with Crippen molar-refractivity contribution < 1.29 is 14.7 Å². The molecule has 0 unspecified atom stereocenters. The van der Waals surface area contributed by atoms with Crippen LogP contribution in [0.4, 0.5) is 0 Å². The Balaban J connectivity index is 1.81. The lowest BCUT2D eigenvalue weighted by Crippen LogP contribution is -2.40. The Hall–Kier alpha value is -1.82.